The van der Waals surface area contributed by atoms with Gasteiger partial charge in [0.25, 0.3) is 0 Å². The van der Waals surface area contributed by atoms with Gasteiger partial charge in [-0.1, -0.05) is 68.2 Å². The SMILES string of the molecule is O=C(CCCc1cccnc1)CCCc1cccc(C2CCCC(Cc3ncnc4c3C=CCC4)CCC2)c1. The van der Waals surface area contributed by atoms with E-state index in [0.29, 0.717) is 24.5 Å². The quantitative estimate of drug-likeness (QED) is 0.256. The molecule has 0 amide bonds. The minimum Gasteiger partial charge on any atom is -0.300 e. The zero-order chi connectivity index (χ0) is 26.7. The van der Waals surface area contributed by atoms with E-state index in [2.05, 4.69) is 57.4 Å². The monoisotopic (exact) mass is 521 g/mol. The lowest BCUT2D eigenvalue weighted by Crippen LogP contribution is -2.14. The predicted molar refractivity (Wildman–Crippen MR) is 159 cm³/mol. The molecule has 2 aromatic heterocycles. The molecule has 3 aromatic rings. The number of rotatable bonds is 11. The molecule has 2 aliphatic rings. The lowest BCUT2D eigenvalue weighted by atomic mass is 9.80. The second-order valence-electron chi connectivity index (χ2n) is 11.6. The van der Waals surface area contributed by atoms with E-state index < -0.39 is 0 Å². The minimum absolute atomic E-state index is 0.392. The van der Waals surface area contributed by atoms with Crippen molar-refractivity contribution in [1.82, 2.24) is 15.0 Å². The number of nitrogens with zero attached hydrogens (tertiary/aromatic N) is 3. The molecule has 0 bridgehead atoms. The summed E-state index contributed by atoms with van der Waals surface area (Å²) in [5.41, 5.74) is 7.90. The van der Waals surface area contributed by atoms with Crippen molar-refractivity contribution < 1.29 is 4.79 Å². The van der Waals surface area contributed by atoms with Gasteiger partial charge in [0.1, 0.15) is 12.1 Å². The van der Waals surface area contributed by atoms with Crippen LogP contribution in [0.25, 0.3) is 6.08 Å². The standard InChI is InChI=1S/C35H43N3O/c39-32(19-7-13-29-14-8-22-36-25-29)18-6-12-27-9-5-17-31(23-27)30-15-3-10-28(11-4-16-30)24-35-33-20-1-2-21-34(33)37-26-38-35/h1,5,8-9,14,17,20,22-23,25-26,28,30H,2-4,6-7,10-13,15-16,18-19,21,24H2. The summed E-state index contributed by atoms with van der Waals surface area (Å²) in [6.45, 7) is 0. The molecule has 4 heteroatoms. The molecular formula is C35H43N3O. The van der Waals surface area contributed by atoms with Crippen molar-refractivity contribution in [1.29, 1.82) is 0 Å². The molecule has 0 saturated heterocycles. The topological polar surface area (TPSA) is 55.7 Å². The number of aromatic nitrogens is 3. The van der Waals surface area contributed by atoms with Crippen LogP contribution in [0.4, 0.5) is 0 Å². The largest absolute Gasteiger partial charge is 0.300 e. The molecule has 0 atom stereocenters. The molecule has 1 saturated carbocycles. The van der Waals surface area contributed by atoms with Crippen molar-refractivity contribution in [3.63, 3.8) is 0 Å². The van der Waals surface area contributed by atoms with E-state index in [4.69, 9.17) is 0 Å². The highest BCUT2D eigenvalue weighted by molar-refractivity contribution is 5.78. The fourth-order valence-electron chi connectivity index (χ4n) is 6.51. The summed E-state index contributed by atoms with van der Waals surface area (Å²) in [5.74, 6) is 1.78. The molecule has 0 unspecified atom stereocenters. The number of fused-ring (bicyclic) bond motifs is 1. The number of pyridine rings is 1. The van der Waals surface area contributed by atoms with Gasteiger partial charge in [-0.15, -0.1) is 0 Å². The molecule has 2 aliphatic carbocycles. The summed E-state index contributed by atoms with van der Waals surface area (Å²) in [7, 11) is 0. The number of Topliss-reactive ketones (excluding diaryl/α,β-unsaturated/α-hetero) is 1. The first-order chi connectivity index (χ1) is 19.2. The smallest absolute Gasteiger partial charge is 0.132 e. The Morgan fingerprint density at radius 1 is 0.897 bits per heavy atom. The molecule has 204 valence electrons. The Labute approximate surface area is 234 Å². The molecular weight excluding hydrogens is 478 g/mol. The van der Waals surface area contributed by atoms with E-state index in [9.17, 15) is 4.79 Å². The van der Waals surface area contributed by atoms with Gasteiger partial charge in [0.05, 0.1) is 11.4 Å². The summed E-state index contributed by atoms with van der Waals surface area (Å²) < 4.78 is 0. The number of ketones is 1. The number of carbonyl (C=O) groups excluding carboxylic acids is 1. The molecule has 0 spiro atoms. The Bertz CT molecular complexity index is 1230. The van der Waals surface area contributed by atoms with Crippen LogP contribution < -0.4 is 0 Å². The fraction of sp³-hybridized carbons (Fsp3) is 0.486. The molecule has 2 heterocycles. The van der Waals surface area contributed by atoms with E-state index in [1.165, 1.54) is 72.2 Å². The van der Waals surface area contributed by atoms with Gasteiger partial charge in [0.2, 0.25) is 0 Å². The van der Waals surface area contributed by atoms with Crippen LogP contribution in [0.3, 0.4) is 0 Å². The third-order valence-electron chi connectivity index (χ3n) is 8.68. The van der Waals surface area contributed by atoms with E-state index in [1.54, 1.807) is 12.5 Å². The third-order valence-corrected chi connectivity index (χ3v) is 8.68. The maximum Gasteiger partial charge on any atom is 0.132 e. The van der Waals surface area contributed by atoms with E-state index in [-0.39, 0.29) is 0 Å². The molecule has 0 N–H and O–H groups in total. The van der Waals surface area contributed by atoms with Gasteiger partial charge in [-0.2, -0.15) is 0 Å². The molecule has 0 aliphatic heterocycles. The lowest BCUT2D eigenvalue weighted by molar-refractivity contribution is -0.119. The Hall–Kier alpha value is -3.14. The average molecular weight is 522 g/mol. The van der Waals surface area contributed by atoms with Gasteiger partial charge in [-0.05, 0) is 92.4 Å². The summed E-state index contributed by atoms with van der Waals surface area (Å²) in [4.78, 5) is 25.8. The van der Waals surface area contributed by atoms with Crippen LogP contribution in [0.2, 0.25) is 0 Å². The number of hydrogen-bond donors (Lipinski definition) is 0. The summed E-state index contributed by atoms with van der Waals surface area (Å²) in [5, 5.41) is 0. The minimum atomic E-state index is 0.392. The number of carbonyl (C=O) groups is 1. The second kappa shape index (κ2) is 14.3. The summed E-state index contributed by atoms with van der Waals surface area (Å²) in [6, 6.07) is 13.3. The first-order valence-corrected chi connectivity index (χ1v) is 15.2. The number of aryl methyl sites for hydroxylation is 3. The zero-order valence-electron chi connectivity index (χ0n) is 23.4. The fourth-order valence-corrected chi connectivity index (χ4v) is 6.51. The molecule has 5 rings (SSSR count). The Kier molecular flexibility index (Phi) is 10.1. The first kappa shape index (κ1) is 27.4. The van der Waals surface area contributed by atoms with Gasteiger partial charge in [-0.25, -0.2) is 9.97 Å². The van der Waals surface area contributed by atoms with Crippen molar-refractivity contribution in [2.45, 2.75) is 102 Å². The van der Waals surface area contributed by atoms with E-state index in [0.717, 1.165) is 50.9 Å². The van der Waals surface area contributed by atoms with Crippen LogP contribution in [-0.2, 0) is 30.5 Å². The number of allylic oxidation sites excluding steroid dienone is 1. The van der Waals surface area contributed by atoms with Crippen molar-refractivity contribution in [3.8, 4) is 0 Å². The van der Waals surface area contributed by atoms with Gasteiger partial charge in [0, 0.05) is 30.8 Å². The average Bonchev–Trinajstić information content (AvgIpc) is 2.95. The summed E-state index contributed by atoms with van der Waals surface area (Å²) >= 11 is 0. The van der Waals surface area contributed by atoms with Crippen LogP contribution in [-0.4, -0.2) is 20.7 Å². The predicted octanol–water partition coefficient (Wildman–Crippen LogP) is 8.04. The lowest BCUT2D eigenvalue weighted by Gasteiger charge is -2.26. The molecule has 1 fully saturated rings. The molecule has 0 radical (unpaired) electrons. The van der Waals surface area contributed by atoms with Crippen molar-refractivity contribution in [2.24, 2.45) is 5.92 Å². The highest BCUT2D eigenvalue weighted by Gasteiger charge is 2.21. The first-order valence-electron chi connectivity index (χ1n) is 15.2. The van der Waals surface area contributed by atoms with E-state index in [1.807, 2.05) is 12.3 Å². The van der Waals surface area contributed by atoms with Gasteiger partial charge >= 0.3 is 0 Å². The van der Waals surface area contributed by atoms with Gasteiger partial charge < -0.3 is 0 Å². The van der Waals surface area contributed by atoms with Crippen molar-refractivity contribution in [2.75, 3.05) is 0 Å². The maximum atomic E-state index is 12.4. The van der Waals surface area contributed by atoms with E-state index >= 15 is 0 Å². The van der Waals surface area contributed by atoms with Crippen LogP contribution >= 0.6 is 0 Å². The van der Waals surface area contributed by atoms with Crippen LogP contribution in [0.5, 0.6) is 0 Å². The third kappa shape index (κ3) is 8.17. The number of hydrogen-bond acceptors (Lipinski definition) is 4. The van der Waals surface area contributed by atoms with Crippen molar-refractivity contribution in [3.05, 3.63) is 94.8 Å². The maximum absolute atomic E-state index is 12.4. The number of benzene rings is 1. The van der Waals surface area contributed by atoms with Gasteiger partial charge in [0.15, 0.2) is 0 Å². The Morgan fingerprint density at radius 3 is 2.49 bits per heavy atom. The summed E-state index contributed by atoms with van der Waals surface area (Å²) in [6.07, 6.45) is 26.1. The highest BCUT2D eigenvalue weighted by atomic mass is 16.1. The Balaban J connectivity index is 1.05. The normalized spacial score (nSPS) is 19.2. The van der Waals surface area contributed by atoms with Crippen LogP contribution in [0, 0.1) is 5.92 Å². The zero-order valence-corrected chi connectivity index (χ0v) is 23.4. The van der Waals surface area contributed by atoms with Crippen molar-refractivity contribution >= 4 is 11.9 Å². The molecule has 1 aromatic carbocycles. The van der Waals surface area contributed by atoms with Crippen LogP contribution in [0.1, 0.15) is 110 Å². The van der Waals surface area contributed by atoms with Gasteiger partial charge in [-0.3, -0.25) is 9.78 Å². The Morgan fingerprint density at radius 2 is 1.69 bits per heavy atom. The molecule has 39 heavy (non-hydrogen) atoms. The second-order valence-corrected chi connectivity index (χ2v) is 11.6. The molecule has 4 nitrogen and oxygen atoms in total. The highest BCUT2D eigenvalue weighted by Crippen LogP contribution is 2.35. The van der Waals surface area contributed by atoms with Crippen LogP contribution in [0.15, 0.2) is 61.2 Å².